The zero-order valence-electron chi connectivity index (χ0n) is 13.3. The lowest BCUT2D eigenvalue weighted by Gasteiger charge is -2.19. The molecule has 1 aliphatic heterocycles. The number of aromatic hydroxyl groups is 1. The maximum atomic E-state index is 11.7. The highest BCUT2D eigenvalue weighted by atomic mass is 31.3. The van der Waals surface area contributed by atoms with Gasteiger partial charge in [-0.15, -0.1) is 0 Å². The SMILES string of the molecule is O=P(O)(O)OP(=O)(O)OP(=O)(O)OC[C@H]1O[C@@H](c2cccc(O)c2)C[C@@H]1O. The number of rotatable bonds is 8. The first-order chi connectivity index (χ1) is 12.3. The number of ether oxygens (including phenoxy) is 1. The van der Waals surface area contributed by atoms with Crippen molar-refractivity contribution < 1.29 is 61.4 Å². The minimum Gasteiger partial charge on any atom is -0.508 e. The van der Waals surface area contributed by atoms with E-state index in [0.29, 0.717) is 5.56 Å². The van der Waals surface area contributed by atoms with E-state index < -0.39 is 48.4 Å². The number of aliphatic hydroxyl groups excluding tert-OH is 1. The molecule has 0 aromatic heterocycles. The molecule has 13 nitrogen and oxygen atoms in total. The fourth-order valence-corrected chi connectivity index (χ4v) is 5.32. The molecule has 0 spiro atoms. The Kier molecular flexibility index (Phi) is 7.03. The lowest BCUT2D eigenvalue weighted by Crippen LogP contribution is -2.26. The Morgan fingerprint density at radius 1 is 1.07 bits per heavy atom. The number of hydrogen-bond donors (Lipinski definition) is 6. The number of hydrogen-bond acceptors (Lipinski definition) is 9. The Morgan fingerprint density at radius 2 is 1.74 bits per heavy atom. The Bertz CT molecular complexity index is 806. The normalized spacial score (nSPS) is 27.8. The minimum absolute atomic E-state index is 0.0256. The quantitative estimate of drug-likeness (QED) is 0.305. The third-order valence-electron chi connectivity index (χ3n) is 3.28. The van der Waals surface area contributed by atoms with Gasteiger partial charge in [0.15, 0.2) is 0 Å². The summed E-state index contributed by atoms with van der Waals surface area (Å²) in [5.41, 5.74) is 0.537. The molecule has 1 aromatic carbocycles. The van der Waals surface area contributed by atoms with Gasteiger partial charge in [-0.1, -0.05) is 12.1 Å². The molecule has 0 bridgehead atoms. The highest BCUT2D eigenvalue weighted by Crippen LogP contribution is 2.66. The third-order valence-corrected chi connectivity index (χ3v) is 7.09. The summed E-state index contributed by atoms with van der Waals surface area (Å²) in [5.74, 6) is -0.0256. The molecule has 0 aliphatic carbocycles. The van der Waals surface area contributed by atoms with Crippen LogP contribution < -0.4 is 0 Å². The van der Waals surface area contributed by atoms with Gasteiger partial charge in [-0.3, -0.25) is 4.52 Å². The van der Waals surface area contributed by atoms with Crippen LogP contribution in [-0.4, -0.2) is 48.6 Å². The van der Waals surface area contributed by atoms with E-state index >= 15 is 0 Å². The molecule has 1 aromatic rings. The van der Waals surface area contributed by atoms with Crippen LogP contribution in [-0.2, 0) is 31.6 Å². The lowest BCUT2D eigenvalue weighted by molar-refractivity contribution is -0.0220. The molecule has 2 unspecified atom stereocenters. The highest BCUT2D eigenvalue weighted by molar-refractivity contribution is 7.66. The molecule has 6 N–H and O–H groups in total. The standard InChI is InChI=1S/C11H17O13P3/c12-8-3-1-2-7(4-8)10-5-9(13)11(22-10)6-21-26(17,18)24-27(19,20)23-25(14,15)16/h1-4,9-13H,5-6H2,(H,17,18)(H,19,20)(H2,14,15,16)/t9-,10+,11+/m0/s1. The van der Waals surface area contributed by atoms with E-state index in [4.69, 9.17) is 19.4 Å². The summed E-state index contributed by atoms with van der Waals surface area (Å²) >= 11 is 0. The monoisotopic (exact) mass is 450 g/mol. The molecule has 16 heteroatoms. The zero-order valence-corrected chi connectivity index (χ0v) is 16.0. The van der Waals surface area contributed by atoms with Gasteiger partial charge in [0.1, 0.15) is 11.9 Å². The van der Waals surface area contributed by atoms with E-state index in [9.17, 15) is 28.8 Å². The molecule has 0 saturated carbocycles. The summed E-state index contributed by atoms with van der Waals surface area (Å²) in [6, 6.07) is 6.02. The van der Waals surface area contributed by atoms with Crippen LogP contribution in [0.2, 0.25) is 0 Å². The first-order valence-corrected chi connectivity index (χ1v) is 11.7. The predicted octanol–water partition coefficient (Wildman–Crippen LogP) is 0.926. The van der Waals surface area contributed by atoms with Crippen LogP contribution in [0.5, 0.6) is 5.75 Å². The van der Waals surface area contributed by atoms with Crippen LogP contribution >= 0.6 is 23.5 Å². The molecule has 1 heterocycles. The molecule has 0 amide bonds. The molecule has 1 fully saturated rings. The van der Waals surface area contributed by atoms with Crippen molar-refractivity contribution in [2.45, 2.75) is 24.7 Å². The number of benzene rings is 1. The summed E-state index contributed by atoms with van der Waals surface area (Å²) in [6.45, 7) is -0.750. The summed E-state index contributed by atoms with van der Waals surface area (Å²) in [5, 5.41) is 19.4. The van der Waals surface area contributed by atoms with Crippen molar-refractivity contribution in [2.75, 3.05) is 6.61 Å². The first-order valence-electron chi connectivity index (χ1n) is 7.17. The van der Waals surface area contributed by atoms with Gasteiger partial charge in [-0.2, -0.15) is 8.62 Å². The van der Waals surface area contributed by atoms with Gasteiger partial charge in [0.2, 0.25) is 0 Å². The van der Waals surface area contributed by atoms with E-state index in [1.165, 1.54) is 12.1 Å². The van der Waals surface area contributed by atoms with Crippen LogP contribution in [0.3, 0.4) is 0 Å². The van der Waals surface area contributed by atoms with Gasteiger partial charge in [-0.05, 0) is 17.7 Å². The van der Waals surface area contributed by atoms with E-state index in [0.717, 1.165) is 0 Å². The number of phenolic OH excluding ortho intramolecular Hbond substituents is 1. The largest absolute Gasteiger partial charge is 0.508 e. The smallest absolute Gasteiger partial charge is 0.490 e. The minimum atomic E-state index is -5.61. The van der Waals surface area contributed by atoms with E-state index in [1.807, 2.05) is 0 Å². The topological polar surface area (TPSA) is 210 Å². The fraction of sp³-hybridized carbons (Fsp3) is 0.455. The van der Waals surface area contributed by atoms with Crippen LogP contribution in [0.4, 0.5) is 0 Å². The van der Waals surface area contributed by atoms with Crippen molar-refractivity contribution in [3.63, 3.8) is 0 Å². The molecule has 1 saturated heterocycles. The second-order valence-corrected chi connectivity index (χ2v) is 9.87. The average Bonchev–Trinajstić information content (AvgIpc) is 2.83. The van der Waals surface area contributed by atoms with Crippen molar-refractivity contribution in [1.29, 1.82) is 0 Å². The van der Waals surface area contributed by atoms with Crippen molar-refractivity contribution in [3.05, 3.63) is 29.8 Å². The van der Waals surface area contributed by atoms with E-state index in [1.54, 1.807) is 12.1 Å². The summed E-state index contributed by atoms with van der Waals surface area (Å²) < 4.78 is 50.5. The van der Waals surface area contributed by atoms with Gasteiger partial charge in [0.05, 0.1) is 18.8 Å². The van der Waals surface area contributed by atoms with Crippen molar-refractivity contribution in [1.82, 2.24) is 0 Å². The zero-order chi connectivity index (χ0) is 20.5. The molecule has 154 valence electrons. The highest BCUT2D eigenvalue weighted by Gasteiger charge is 2.42. The third kappa shape index (κ3) is 7.35. The fourth-order valence-electron chi connectivity index (χ4n) is 2.29. The Balaban J connectivity index is 1.94. The lowest BCUT2D eigenvalue weighted by atomic mass is 10.0. The van der Waals surface area contributed by atoms with Gasteiger partial charge in [0.25, 0.3) is 0 Å². The maximum absolute atomic E-state index is 11.7. The van der Waals surface area contributed by atoms with E-state index in [-0.39, 0.29) is 12.2 Å². The Labute approximate surface area is 152 Å². The molecule has 5 atom stereocenters. The van der Waals surface area contributed by atoms with Crippen LogP contribution in [0.1, 0.15) is 18.1 Å². The van der Waals surface area contributed by atoms with Gasteiger partial charge < -0.3 is 34.5 Å². The second-order valence-electron chi connectivity index (χ2n) is 5.45. The van der Waals surface area contributed by atoms with Gasteiger partial charge in [-0.25, -0.2) is 13.7 Å². The summed E-state index contributed by atoms with van der Waals surface area (Å²) in [6.07, 6.45) is -2.83. The summed E-state index contributed by atoms with van der Waals surface area (Å²) in [4.78, 5) is 35.3. The van der Waals surface area contributed by atoms with Crippen molar-refractivity contribution in [2.24, 2.45) is 0 Å². The second kappa shape index (κ2) is 8.38. The average molecular weight is 450 g/mol. The molecule has 1 aliphatic rings. The summed E-state index contributed by atoms with van der Waals surface area (Å²) in [7, 11) is -16.4. The molecule has 0 radical (unpaired) electrons. The van der Waals surface area contributed by atoms with Gasteiger partial charge in [0, 0.05) is 6.42 Å². The van der Waals surface area contributed by atoms with Crippen molar-refractivity contribution >= 4 is 23.5 Å². The van der Waals surface area contributed by atoms with Crippen LogP contribution in [0, 0.1) is 0 Å². The molecule has 27 heavy (non-hydrogen) atoms. The Hall–Kier alpha value is -0.650. The molecular formula is C11H17O13P3. The first kappa shape index (κ1) is 22.6. The Morgan fingerprint density at radius 3 is 2.33 bits per heavy atom. The maximum Gasteiger partial charge on any atom is 0.490 e. The van der Waals surface area contributed by atoms with Crippen molar-refractivity contribution in [3.8, 4) is 5.75 Å². The molecular weight excluding hydrogens is 433 g/mol. The van der Waals surface area contributed by atoms with E-state index in [2.05, 4.69) is 13.1 Å². The van der Waals surface area contributed by atoms with Crippen LogP contribution in [0.25, 0.3) is 0 Å². The predicted molar refractivity (Wildman–Crippen MR) is 86.2 cm³/mol. The number of phenols is 1. The van der Waals surface area contributed by atoms with Crippen LogP contribution in [0.15, 0.2) is 24.3 Å². The molecule has 2 rings (SSSR count). The van der Waals surface area contributed by atoms with Gasteiger partial charge >= 0.3 is 23.5 Å². The number of phosphoric ester groups is 1. The number of phosphoric acid groups is 3. The number of aliphatic hydroxyl groups is 1.